The normalized spacial score (nSPS) is 14.2. The number of aromatic nitrogens is 1. The Labute approximate surface area is 283 Å². The number of benzene rings is 4. The van der Waals surface area contributed by atoms with Crippen LogP contribution >= 0.6 is 22.9 Å². The van der Waals surface area contributed by atoms with E-state index in [1.807, 2.05) is 60.7 Å². The van der Waals surface area contributed by atoms with Crippen LogP contribution in [0.15, 0.2) is 112 Å². The Morgan fingerprint density at radius 3 is 2.38 bits per heavy atom. The number of methoxy groups -OCH3 is 1. The van der Waals surface area contributed by atoms with Gasteiger partial charge < -0.3 is 14.2 Å². The molecule has 5 aromatic rings. The number of fused-ring (bicyclic) bond motifs is 1. The number of ether oxygens (including phenoxy) is 3. The molecule has 10 nitrogen and oxygen atoms in total. The lowest BCUT2D eigenvalue weighted by molar-refractivity contribution is -0.384. The van der Waals surface area contributed by atoms with Gasteiger partial charge in [-0.15, -0.1) is 0 Å². The van der Waals surface area contributed by atoms with Crippen LogP contribution in [0.4, 0.5) is 5.69 Å². The van der Waals surface area contributed by atoms with E-state index in [4.69, 9.17) is 30.8 Å². The first-order chi connectivity index (χ1) is 23.3. The molecule has 1 atom stereocenters. The molecule has 1 aromatic heterocycles. The van der Waals surface area contributed by atoms with Crippen molar-refractivity contribution < 1.29 is 23.9 Å². The zero-order valence-corrected chi connectivity index (χ0v) is 27.4. The van der Waals surface area contributed by atoms with Crippen LogP contribution < -0.4 is 24.4 Å². The molecule has 1 aliphatic rings. The Morgan fingerprint density at radius 1 is 1.04 bits per heavy atom. The molecule has 0 N–H and O–H groups in total. The van der Waals surface area contributed by atoms with Gasteiger partial charge in [-0.2, -0.15) is 0 Å². The van der Waals surface area contributed by atoms with E-state index < -0.39 is 16.9 Å². The number of hydrogen-bond acceptors (Lipinski definition) is 9. The van der Waals surface area contributed by atoms with E-state index in [0.29, 0.717) is 31.9 Å². The lowest BCUT2D eigenvalue weighted by Crippen LogP contribution is -2.39. The Hall–Kier alpha value is -5.52. The third kappa shape index (κ3) is 6.51. The van der Waals surface area contributed by atoms with Crippen LogP contribution in [0.25, 0.3) is 11.8 Å². The zero-order chi connectivity index (χ0) is 33.8. The Balaban J connectivity index is 1.44. The number of thiazole rings is 1. The van der Waals surface area contributed by atoms with E-state index in [1.54, 1.807) is 37.3 Å². The van der Waals surface area contributed by atoms with Crippen LogP contribution in [-0.2, 0) is 16.1 Å². The second-order valence-corrected chi connectivity index (χ2v) is 12.0. The van der Waals surface area contributed by atoms with Crippen molar-refractivity contribution in [2.75, 3.05) is 13.7 Å². The Bertz CT molecular complexity index is 2210. The maximum atomic E-state index is 14.2. The molecule has 4 aromatic carbocycles. The Morgan fingerprint density at radius 2 is 1.73 bits per heavy atom. The zero-order valence-electron chi connectivity index (χ0n) is 25.8. The highest BCUT2D eigenvalue weighted by atomic mass is 35.5. The molecule has 2 heterocycles. The van der Waals surface area contributed by atoms with E-state index in [-0.39, 0.29) is 40.8 Å². The highest BCUT2D eigenvalue weighted by Crippen LogP contribution is 2.38. The maximum Gasteiger partial charge on any atom is 0.338 e. The van der Waals surface area contributed by atoms with Crippen LogP contribution in [0.5, 0.6) is 11.5 Å². The molecular weight excluding hydrogens is 654 g/mol. The first-order valence-electron chi connectivity index (χ1n) is 14.9. The first kappa shape index (κ1) is 32.4. The molecule has 6 rings (SSSR count). The van der Waals surface area contributed by atoms with Crippen molar-refractivity contribution in [2.45, 2.75) is 19.6 Å². The number of halogens is 1. The van der Waals surface area contributed by atoms with Gasteiger partial charge in [-0.25, -0.2) is 9.79 Å². The van der Waals surface area contributed by atoms with E-state index in [1.165, 1.54) is 35.1 Å². The maximum absolute atomic E-state index is 14.2. The van der Waals surface area contributed by atoms with Crippen molar-refractivity contribution in [2.24, 2.45) is 4.99 Å². The molecule has 0 aliphatic carbocycles. The van der Waals surface area contributed by atoms with Gasteiger partial charge in [0.1, 0.15) is 6.61 Å². The quantitative estimate of drug-likeness (QED) is 0.0994. The van der Waals surface area contributed by atoms with E-state index >= 15 is 0 Å². The third-order valence-corrected chi connectivity index (χ3v) is 8.83. The molecule has 0 saturated carbocycles. The van der Waals surface area contributed by atoms with Gasteiger partial charge in [0, 0.05) is 17.7 Å². The summed E-state index contributed by atoms with van der Waals surface area (Å²) in [6.45, 7) is 1.99. The summed E-state index contributed by atoms with van der Waals surface area (Å²) in [7, 11) is 1.48. The van der Waals surface area contributed by atoms with Crippen molar-refractivity contribution >= 4 is 46.4 Å². The third-order valence-electron chi connectivity index (χ3n) is 7.57. The number of rotatable bonds is 10. The highest BCUT2D eigenvalue weighted by Gasteiger charge is 2.35. The number of hydrogen-bond donors (Lipinski definition) is 0. The monoisotopic (exact) mass is 681 g/mol. The van der Waals surface area contributed by atoms with Crippen molar-refractivity contribution in [3.05, 3.63) is 160 Å². The summed E-state index contributed by atoms with van der Waals surface area (Å²) in [6.07, 6.45) is 1.69. The summed E-state index contributed by atoms with van der Waals surface area (Å²) >= 11 is 7.85. The average molecular weight is 682 g/mol. The van der Waals surface area contributed by atoms with Crippen LogP contribution in [0.3, 0.4) is 0 Å². The summed E-state index contributed by atoms with van der Waals surface area (Å²) in [5.41, 5.74) is 3.09. The van der Waals surface area contributed by atoms with Gasteiger partial charge in [0.25, 0.3) is 11.2 Å². The fourth-order valence-corrected chi connectivity index (χ4v) is 6.65. The number of carbonyl (C=O) groups is 1. The number of non-ortho nitro benzene ring substituents is 1. The smallest absolute Gasteiger partial charge is 0.338 e. The second kappa shape index (κ2) is 14.1. The fourth-order valence-electron chi connectivity index (χ4n) is 5.38. The first-order valence-corrected chi connectivity index (χ1v) is 16.1. The molecule has 0 radical (unpaired) electrons. The van der Waals surface area contributed by atoms with Gasteiger partial charge in [0.15, 0.2) is 16.3 Å². The van der Waals surface area contributed by atoms with Gasteiger partial charge in [-0.3, -0.25) is 19.5 Å². The minimum absolute atomic E-state index is 0.0208. The van der Waals surface area contributed by atoms with Crippen LogP contribution in [-0.4, -0.2) is 29.2 Å². The molecule has 1 aliphatic heterocycles. The molecular formula is C36H28ClN3O7S. The average Bonchev–Trinajstić information content (AvgIpc) is 3.41. The molecule has 0 saturated heterocycles. The number of carbonyl (C=O) groups excluding carboxylic acids is 1. The minimum Gasteiger partial charge on any atom is -0.493 e. The lowest BCUT2D eigenvalue weighted by atomic mass is 9.93. The topological polar surface area (TPSA) is 122 Å². The molecule has 0 unspecified atom stereocenters. The predicted octanol–water partition coefficient (Wildman–Crippen LogP) is 6.08. The van der Waals surface area contributed by atoms with E-state index in [0.717, 1.165) is 11.1 Å². The van der Waals surface area contributed by atoms with Crippen molar-refractivity contribution in [1.82, 2.24) is 4.57 Å². The van der Waals surface area contributed by atoms with Gasteiger partial charge in [-0.1, -0.05) is 83.6 Å². The number of nitro benzene ring substituents is 1. The molecule has 12 heteroatoms. The van der Waals surface area contributed by atoms with Gasteiger partial charge in [0.05, 0.1) is 45.5 Å². The minimum atomic E-state index is -0.785. The molecule has 0 bridgehead atoms. The van der Waals surface area contributed by atoms with Crippen LogP contribution in [0.2, 0.25) is 5.02 Å². The van der Waals surface area contributed by atoms with E-state index in [2.05, 4.69) is 0 Å². The molecule has 48 heavy (non-hydrogen) atoms. The number of nitrogens with zero attached hydrogens (tertiary/aromatic N) is 3. The number of nitro groups is 1. The molecule has 242 valence electrons. The molecule has 0 fully saturated rings. The SMILES string of the molecule is CCOC(=O)C1=C(c2ccccc2)N=c2s/c(=C\c3cc(Cl)c(OCc4ccc([N+](=O)[O-])cc4)c(OC)c3)c(=O)n2[C@@H]1c1ccccc1. The van der Waals surface area contributed by atoms with Gasteiger partial charge in [-0.05, 0) is 54.0 Å². The highest BCUT2D eigenvalue weighted by molar-refractivity contribution is 7.07. The van der Waals surface area contributed by atoms with Crippen molar-refractivity contribution in [3.8, 4) is 11.5 Å². The summed E-state index contributed by atoms with van der Waals surface area (Å²) in [5.74, 6) is 0.0671. The lowest BCUT2D eigenvalue weighted by Gasteiger charge is -2.25. The number of esters is 1. The van der Waals surface area contributed by atoms with Crippen LogP contribution in [0, 0.1) is 10.1 Å². The summed E-state index contributed by atoms with van der Waals surface area (Å²) < 4.78 is 18.9. The van der Waals surface area contributed by atoms with Gasteiger partial charge in [0.2, 0.25) is 0 Å². The fraction of sp³-hybridized carbons (Fsp3) is 0.139. The summed E-state index contributed by atoms with van der Waals surface area (Å²) in [6, 6.07) is 27.2. The summed E-state index contributed by atoms with van der Waals surface area (Å²) in [5, 5.41) is 11.2. The standard InChI is InChI=1S/C36H28ClN3O7S/c1-3-46-35(42)30-31(24-10-6-4-7-11-24)38-36-39(32(30)25-12-8-5-9-13-25)34(41)29(48-36)20-23-18-27(37)33(28(19-23)45-2)47-21-22-14-16-26(17-15-22)40(43)44/h4-20,32H,3,21H2,1-2H3/b29-20-/t32-/m1/s1. The largest absolute Gasteiger partial charge is 0.493 e. The molecule has 0 amide bonds. The molecule has 0 spiro atoms. The van der Waals surface area contributed by atoms with E-state index in [9.17, 15) is 19.7 Å². The second-order valence-electron chi connectivity index (χ2n) is 10.6. The van der Waals surface area contributed by atoms with Gasteiger partial charge >= 0.3 is 5.97 Å². The summed E-state index contributed by atoms with van der Waals surface area (Å²) in [4.78, 5) is 43.6. The van der Waals surface area contributed by atoms with Crippen molar-refractivity contribution in [1.29, 1.82) is 0 Å². The predicted molar refractivity (Wildman–Crippen MR) is 183 cm³/mol. The van der Waals surface area contributed by atoms with Crippen LogP contribution in [0.1, 0.15) is 35.2 Å². The van der Waals surface area contributed by atoms with Crippen molar-refractivity contribution in [3.63, 3.8) is 0 Å². The Kier molecular flexibility index (Phi) is 9.51.